The van der Waals surface area contributed by atoms with Crippen LogP contribution >= 0.6 is 0 Å². The van der Waals surface area contributed by atoms with Gasteiger partial charge < -0.3 is 0 Å². The molecule has 21 heavy (non-hydrogen) atoms. The van der Waals surface area contributed by atoms with E-state index >= 15 is 0 Å². The van der Waals surface area contributed by atoms with E-state index in [-0.39, 0.29) is 0 Å². The molecular weight excluding hydrogens is 252 g/mol. The normalized spacial score (nSPS) is 23.0. The van der Waals surface area contributed by atoms with E-state index in [9.17, 15) is 0 Å². The van der Waals surface area contributed by atoms with Crippen molar-refractivity contribution in [1.29, 1.82) is 0 Å². The monoisotopic (exact) mass is 286 g/mol. The van der Waals surface area contributed by atoms with Gasteiger partial charge in [-0.05, 0) is 65.9 Å². The van der Waals surface area contributed by atoms with Crippen LogP contribution < -0.4 is 0 Å². The Hall–Kier alpha value is -0.780. The topological polar surface area (TPSA) is 0 Å². The molecule has 0 nitrogen and oxygen atoms in total. The van der Waals surface area contributed by atoms with Gasteiger partial charge in [0, 0.05) is 0 Å². The highest BCUT2D eigenvalue weighted by Crippen LogP contribution is 2.42. The molecule has 0 spiro atoms. The number of rotatable bonds is 4. The Kier molecular flexibility index (Phi) is 4.85. The van der Waals surface area contributed by atoms with Gasteiger partial charge in [-0.15, -0.1) is 0 Å². The zero-order chi connectivity index (χ0) is 15.7. The van der Waals surface area contributed by atoms with Crippen LogP contribution in [0.15, 0.2) is 24.3 Å². The molecule has 0 radical (unpaired) electrons. The second-order valence-corrected chi connectivity index (χ2v) is 9.73. The van der Waals surface area contributed by atoms with Crippen LogP contribution in [0.2, 0.25) is 0 Å². The molecule has 0 atom stereocenters. The maximum Gasteiger partial charge on any atom is -0.0230 e. The van der Waals surface area contributed by atoms with Crippen molar-refractivity contribution < 1.29 is 0 Å². The largest absolute Gasteiger partial charge is 0.0602 e. The molecule has 1 aromatic carbocycles. The van der Waals surface area contributed by atoms with Gasteiger partial charge in [0.05, 0.1) is 0 Å². The fourth-order valence-corrected chi connectivity index (χ4v) is 3.81. The Morgan fingerprint density at radius 1 is 0.762 bits per heavy atom. The van der Waals surface area contributed by atoms with Crippen molar-refractivity contribution in [1.82, 2.24) is 0 Å². The van der Waals surface area contributed by atoms with Gasteiger partial charge in [0.2, 0.25) is 0 Å². The van der Waals surface area contributed by atoms with Crippen LogP contribution in [0.25, 0.3) is 0 Å². The first kappa shape index (κ1) is 16.6. The minimum atomic E-state index is 0.385. The molecule has 0 N–H and O–H groups in total. The highest BCUT2D eigenvalue weighted by atomic mass is 14.4. The van der Waals surface area contributed by atoms with Gasteiger partial charge in [-0.2, -0.15) is 0 Å². The molecule has 0 heteroatoms. The van der Waals surface area contributed by atoms with Crippen LogP contribution in [0, 0.1) is 22.7 Å². The molecule has 0 amide bonds. The van der Waals surface area contributed by atoms with E-state index in [0.29, 0.717) is 10.8 Å². The molecule has 1 aliphatic rings. The Labute approximate surface area is 132 Å². The number of hydrogen-bond donors (Lipinski definition) is 0. The molecule has 1 saturated carbocycles. The summed E-state index contributed by atoms with van der Waals surface area (Å²) in [6.45, 7) is 14.0. The summed E-state index contributed by atoms with van der Waals surface area (Å²) in [7, 11) is 0. The van der Waals surface area contributed by atoms with Crippen LogP contribution in [0.4, 0.5) is 0 Å². The third-order valence-corrected chi connectivity index (χ3v) is 4.52. The van der Waals surface area contributed by atoms with Crippen molar-refractivity contribution in [2.24, 2.45) is 22.7 Å². The molecule has 1 aromatic rings. The summed E-state index contributed by atoms with van der Waals surface area (Å²) in [4.78, 5) is 0. The average Bonchev–Trinajstić information content (AvgIpc) is 2.25. The smallest absolute Gasteiger partial charge is 0.0230 e. The SMILES string of the molecule is CC(C)(C)Cc1ccc(CC2CC(CC(C)(C)C)C2)cc1. The van der Waals surface area contributed by atoms with Gasteiger partial charge >= 0.3 is 0 Å². The third-order valence-electron chi connectivity index (χ3n) is 4.52. The Bertz CT molecular complexity index is 432. The van der Waals surface area contributed by atoms with Crippen molar-refractivity contribution in [3.8, 4) is 0 Å². The average molecular weight is 287 g/mol. The minimum Gasteiger partial charge on any atom is -0.0602 e. The molecule has 2 rings (SSSR count). The lowest BCUT2D eigenvalue weighted by Crippen LogP contribution is -2.28. The second-order valence-electron chi connectivity index (χ2n) is 9.73. The van der Waals surface area contributed by atoms with Crippen molar-refractivity contribution in [3.05, 3.63) is 35.4 Å². The lowest BCUT2D eigenvalue weighted by Gasteiger charge is -2.39. The quantitative estimate of drug-likeness (QED) is 0.611. The molecule has 0 saturated heterocycles. The van der Waals surface area contributed by atoms with Crippen molar-refractivity contribution in [2.75, 3.05) is 0 Å². The minimum absolute atomic E-state index is 0.385. The van der Waals surface area contributed by atoms with E-state index in [2.05, 4.69) is 65.8 Å². The highest BCUT2D eigenvalue weighted by molar-refractivity contribution is 5.24. The van der Waals surface area contributed by atoms with Crippen molar-refractivity contribution in [3.63, 3.8) is 0 Å². The number of benzene rings is 1. The first-order chi connectivity index (χ1) is 9.61. The molecule has 118 valence electrons. The second kappa shape index (κ2) is 6.15. The summed E-state index contributed by atoms with van der Waals surface area (Å²) in [5, 5.41) is 0. The predicted molar refractivity (Wildman–Crippen MR) is 93.6 cm³/mol. The van der Waals surface area contributed by atoms with E-state index in [4.69, 9.17) is 0 Å². The summed E-state index contributed by atoms with van der Waals surface area (Å²) in [5.41, 5.74) is 3.90. The lowest BCUT2D eigenvalue weighted by atomic mass is 9.66. The van der Waals surface area contributed by atoms with E-state index < -0.39 is 0 Å². The van der Waals surface area contributed by atoms with Gasteiger partial charge in [0.1, 0.15) is 0 Å². The number of hydrogen-bond acceptors (Lipinski definition) is 0. The van der Waals surface area contributed by atoms with Crippen molar-refractivity contribution in [2.45, 2.75) is 73.6 Å². The lowest BCUT2D eigenvalue weighted by molar-refractivity contribution is 0.135. The highest BCUT2D eigenvalue weighted by Gasteiger charge is 2.31. The fraction of sp³-hybridized carbons (Fsp3) is 0.714. The van der Waals surface area contributed by atoms with E-state index in [1.165, 1.54) is 43.2 Å². The zero-order valence-corrected chi connectivity index (χ0v) is 15.0. The molecule has 0 unspecified atom stereocenters. The van der Waals surface area contributed by atoms with Crippen LogP contribution in [0.3, 0.4) is 0 Å². The molecular formula is C21H34. The molecule has 0 heterocycles. The summed E-state index contributed by atoms with van der Waals surface area (Å²) < 4.78 is 0. The molecule has 0 aromatic heterocycles. The summed E-state index contributed by atoms with van der Waals surface area (Å²) >= 11 is 0. The summed E-state index contributed by atoms with van der Waals surface area (Å²) in [6, 6.07) is 9.40. The van der Waals surface area contributed by atoms with Crippen LogP contribution in [-0.2, 0) is 12.8 Å². The van der Waals surface area contributed by atoms with Crippen molar-refractivity contribution >= 4 is 0 Å². The van der Waals surface area contributed by atoms with E-state index in [1.807, 2.05) is 0 Å². The third kappa shape index (κ3) is 5.85. The molecule has 1 fully saturated rings. The van der Waals surface area contributed by atoms with E-state index in [1.54, 1.807) is 0 Å². The standard InChI is InChI=1S/C21H34/c1-20(2,3)14-17-9-7-16(8-10-17)11-18-12-19(13-18)15-21(4,5)6/h7-10,18-19H,11-15H2,1-6H3. The fourth-order valence-electron chi connectivity index (χ4n) is 3.81. The summed E-state index contributed by atoms with van der Waals surface area (Å²) in [5.74, 6) is 1.92. The Morgan fingerprint density at radius 2 is 1.29 bits per heavy atom. The Morgan fingerprint density at radius 3 is 1.76 bits per heavy atom. The first-order valence-corrected chi connectivity index (χ1v) is 8.69. The van der Waals surface area contributed by atoms with Crippen LogP contribution in [0.5, 0.6) is 0 Å². The molecule has 1 aliphatic carbocycles. The van der Waals surface area contributed by atoms with Crippen LogP contribution in [-0.4, -0.2) is 0 Å². The van der Waals surface area contributed by atoms with Gasteiger partial charge in [-0.25, -0.2) is 0 Å². The van der Waals surface area contributed by atoms with Gasteiger partial charge in [-0.3, -0.25) is 0 Å². The zero-order valence-electron chi connectivity index (χ0n) is 15.0. The van der Waals surface area contributed by atoms with Gasteiger partial charge in [0.15, 0.2) is 0 Å². The maximum atomic E-state index is 2.37. The molecule has 0 bridgehead atoms. The first-order valence-electron chi connectivity index (χ1n) is 8.69. The summed E-state index contributed by atoms with van der Waals surface area (Å²) in [6.07, 6.45) is 6.75. The van der Waals surface area contributed by atoms with Gasteiger partial charge in [0.25, 0.3) is 0 Å². The predicted octanol–water partition coefficient (Wildman–Crippen LogP) is 6.28. The van der Waals surface area contributed by atoms with E-state index in [0.717, 1.165) is 11.8 Å². The van der Waals surface area contributed by atoms with Crippen LogP contribution in [0.1, 0.15) is 71.9 Å². The Balaban J connectivity index is 1.78. The maximum absolute atomic E-state index is 2.37. The van der Waals surface area contributed by atoms with Gasteiger partial charge in [-0.1, -0.05) is 65.8 Å². The molecule has 0 aliphatic heterocycles.